The van der Waals surface area contributed by atoms with Gasteiger partial charge in [0.1, 0.15) is 10.7 Å². The molecule has 1 fully saturated rings. The summed E-state index contributed by atoms with van der Waals surface area (Å²) in [4.78, 5) is -0.207. The zero-order chi connectivity index (χ0) is 13.3. The molecule has 0 spiro atoms. The molecule has 5 nitrogen and oxygen atoms in total. The Bertz CT molecular complexity index is 547. The van der Waals surface area contributed by atoms with Crippen molar-refractivity contribution in [3.63, 3.8) is 0 Å². The number of nitrogens with two attached hydrogens (primary N) is 1. The summed E-state index contributed by atoms with van der Waals surface area (Å²) >= 11 is 0. The lowest BCUT2D eigenvalue weighted by atomic mass is 10.1. The quantitative estimate of drug-likeness (QED) is 0.782. The maximum absolute atomic E-state index is 13.1. The van der Waals surface area contributed by atoms with E-state index in [1.165, 1.54) is 10.4 Å². The Morgan fingerprint density at radius 2 is 2.22 bits per heavy atom. The van der Waals surface area contributed by atoms with Crippen LogP contribution in [0.5, 0.6) is 0 Å². The molecule has 1 aliphatic rings. The number of nitrogen functional groups attached to an aromatic ring is 1. The molecule has 7 heteroatoms. The summed E-state index contributed by atoms with van der Waals surface area (Å²) in [5.41, 5.74) is 5.62. The fraction of sp³-hybridized carbons (Fsp3) is 0.455. The van der Waals surface area contributed by atoms with Gasteiger partial charge in [0.15, 0.2) is 0 Å². The van der Waals surface area contributed by atoms with Crippen molar-refractivity contribution in [3.8, 4) is 0 Å². The minimum atomic E-state index is -3.78. The molecule has 1 aromatic rings. The Labute approximate surface area is 105 Å². The minimum absolute atomic E-state index is 0.0313. The van der Waals surface area contributed by atoms with Crippen LogP contribution in [0.2, 0.25) is 0 Å². The first-order chi connectivity index (χ1) is 8.45. The number of hydrogen-bond acceptors (Lipinski definition) is 4. The third-order valence-electron chi connectivity index (χ3n) is 3.10. The van der Waals surface area contributed by atoms with Crippen LogP contribution in [0.25, 0.3) is 0 Å². The number of halogens is 1. The normalized spacial score (nSPS) is 21.3. The summed E-state index contributed by atoms with van der Waals surface area (Å²) in [7, 11) is -3.78. The Kier molecular flexibility index (Phi) is 3.56. The first kappa shape index (κ1) is 13.3. The van der Waals surface area contributed by atoms with Crippen molar-refractivity contribution in [1.29, 1.82) is 0 Å². The highest BCUT2D eigenvalue weighted by molar-refractivity contribution is 7.89. The van der Waals surface area contributed by atoms with Crippen molar-refractivity contribution in [2.45, 2.75) is 11.3 Å². The highest BCUT2D eigenvalue weighted by Gasteiger charge is 2.33. The minimum Gasteiger partial charge on any atom is -0.398 e. The van der Waals surface area contributed by atoms with Gasteiger partial charge in [0, 0.05) is 19.7 Å². The number of anilines is 1. The molecule has 1 heterocycles. The van der Waals surface area contributed by atoms with Gasteiger partial charge in [-0.3, -0.25) is 0 Å². The fourth-order valence-electron chi connectivity index (χ4n) is 2.04. The second-order valence-electron chi connectivity index (χ2n) is 4.38. The number of aliphatic hydroxyl groups is 1. The number of aliphatic hydroxyl groups excluding tert-OH is 1. The molecule has 1 saturated heterocycles. The predicted molar refractivity (Wildman–Crippen MR) is 64.8 cm³/mol. The van der Waals surface area contributed by atoms with Gasteiger partial charge in [0.05, 0.1) is 5.69 Å². The van der Waals surface area contributed by atoms with Crippen LogP contribution in [0.3, 0.4) is 0 Å². The van der Waals surface area contributed by atoms with Crippen molar-refractivity contribution in [1.82, 2.24) is 4.31 Å². The van der Waals surface area contributed by atoms with Crippen LogP contribution in [0.15, 0.2) is 23.1 Å². The average Bonchev–Trinajstić information content (AvgIpc) is 2.81. The van der Waals surface area contributed by atoms with Crippen molar-refractivity contribution in [3.05, 3.63) is 24.0 Å². The molecule has 0 saturated carbocycles. The lowest BCUT2D eigenvalue weighted by Gasteiger charge is -2.17. The molecule has 1 aliphatic heterocycles. The maximum Gasteiger partial charge on any atom is 0.245 e. The number of nitrogens with zero attached hydrogens (tertiary/aromatic N) is 1. The van der Waals surface area contributed by atoms with Crippen molar-refractivity contribution in [2.75, 3.05) is 25.4 Å². The summed E-state index contributed by atoms with van der Waals surface area (Å²) in [5.74, 6) is -0.699. The van der Waals surface area contributed by atoms with Crippen molar-refractivity contribution >= 4 is 15.7 Å². The van der Waals surface area contributed by atoms with E-state index >= 15 is 0 Å². The van der Waals surface area contributed by atoms with Gasteiger partial charge in [-0.2, -0.15) is 4.31 Å². The Morgan fingerprint density at radius 1 is 1.50 bits per heavy atom. The lowest BCUT2D eigenvalue weighted by molar-refractivity contribution is 0.233. The van der Waals surface area contributed by atoms with E-state index in [-0.39, 0.29) is 29.7 Å². The van der Waals surface area contributed by atoms with Gasteiger partial charge in [-0.1, -0.05) is 0 Å². The summed E-state index contributed by atoms with van der Waals surface area (Å²) in [5, 5.41) is 9.01. The monoisotopic (exact) mass is 274 g/mol. The van der Waals surface area contributed by atoms with Crippen LogP contribution in [0.1, 0.15) is 6.42 Å². The number of hydrogen-bond donors (Lipinski definition) is 2. The molecule has 2 rings (SSSR count). The van der Waals surface area contributed by atoms with Crippen molar-refractivity contribution < 1.29 is 17.9 Å². The summed E-state index contributed by atoms with van der Waals surface area (Å²) in [6.45, 7) is 0.517. The van der Waals surface area contributed by atoms with Gasteiger partial charge in [0.25, 0.3) is 0 Å². The van der Waals surface area contributed by atoms with E-state index in [1.54, 1.807) is 0 Å². The molecule has 0 radical (unpaired) electrons. The van der Waals surface area contributed by atoms with E-state index in [0.717, 1.165) is 12.1 Å². The first-order valence-corrected chi connectivity index (χ1v) is 7.05. The van der Waals surface area contributed by atoms with Gasteiger partial charge >= 0.3 is 0 Å². The van der Waals surface area contributed by atoms with Gasteiger partial charge in [0.2, 0.25) is 10.0 Å². The Morgan fingerprint density at radius 3 is 2.83 bits per heavy atom. The zero-order valence-electron chi connectivity index (χ0n) is 9.71. The highest BCUT2D eigenvalue weighted by atomic mass is 32.2. The van der Waals surface area contributed by atoms with Crippen LogP contribution in [-0.4, -0.2) is 37.5 Å². The molecule has 18 heavy (non-hydrogen) atoms. The van der Waals surface area contributed by atoms with E-state index in [2.05, 4.69) is 0 Å². The third-order valence-corrected chi connectivity index (χ3v) is 5.02. The van der Waals surface area contributed by atoms with Crippen LogP contribution >= 0.6 is 0 Å². The molecular formula is C11H15FN2O3S. The van der Waals surface area contributed by atoms with Gasteiger partial charge < -0.3 is 10.8 Å². The van der Waals surface area contributed by atoms with Crippen LogP contribution < -0.4 is 5.73 Å². The molecule has 0 amide bonds. The topological polar surface area (TPSA) is 83.6 Å². The number of rotatable bonds is 3. The zero-order valence-corrected chi connectivity index (χ0v) is 10.5. The largest absolute Gasteiger partial charge is 0.398 e. The second kappa shape index (κ2) is 4.83. The predicted octanol–water partition coefficient (Wildman–Crippen LogP) is 0.411. The Hall–Kier alpha value is -1.18. The first-order valence-electron chi connectivity index (χ1n) is 5.61. The SMILES string of the molecule is Nc1ccc(F)cc1S(=O)(=O)N1CCC(CO)C1. The smallest absolute Gasteiger partial charge is 0.245 e. The van der Waals surface area contributed by atoms with E-state index in [9.17, 15) is 12.8 Å². The van der Waals surface area contributed by atoms with E-state index < -0.39 is 15.8 Å². The number of sulfonamides is 1. The summed E-state index contributed by atoms with van der Waals surface area (Å²) in [6.07, 6.45) is 0.602. The standard InChI is InChI=1S/C11H15FN2O3S/c12-9-1-2-10(13)11(5-9)18(16,17)14-4-3-8(6-14)7-15/h1-2,5,8,15H,3-4,6-7,13H2. The molecule has 0 aromatic heterocycles. The molecule has 0 bridgehead atoms. The fourth-order valence-corrected chi connectivity index (χ4v) is 3.69. The molecule has 100 valence electrons. The molecule has 1 atom stereocenters. The highest BCUT2D eigenvalue weighted by Crippen LogP contribution is 2.27. The summed E-state index contributed by atoms with van der Waals surface area (Å²) in [6, 6.07) is 3.29. The van der Waals surface area contributed by atoms with E-state index in [1.807, 2.05) is 0 Å². The van der Waals surface area contributed by atoms with E-state index in [0.29, 0.717) is 13.0 Å². The van der Waals surface area contributed by atoms with Gasteiger partial charge in [-0.15, -0.1) is 0 Å². The molecule has 1 aromatic carbocycles. The lowest BCUT2D eigenvalue weighted by Crippen LogP contribution is -2.30. The maximum atomic E-state index is 13.1. The average molecular weight is 274 g/mol. The molecule has 1 unspecified atom stereocenters. The number of benzene rings is 1. The van der Waals surface area contributed by atoms with Gasteiger partial charge in [-0.05, 0) is 30.5 Å². The van der Waals surface area contributed by atoms with E-state index in [4.69, 9.17) is 10.8 Å². The van der Waals surface area contributed by atoms with Gasteiger partial charge in [-0.25, -0.2) is 12.8 Å². The third kappa shape index (κ3) is 2.33. The van der Waals surface area contributed by atoms with Crippen LogP contribution in [0.4, 0.5) is 10.1 Å². The summed E-state index contributed by atoms with van der Waals surface area (Å²) < 4.78 is 38.9. The molecular weight excluding hydrogens is 259 g/mol. The van der Waals surface area contributed by atoms with Crippen LogP contribution in [0, 0.1) is 11.7 Å². The van der Waals surface area contributed by atoms with Crippen LogP contribution in [-0.2, 0) is 10.0 Å². The second-order valence-corrected chi connectivity index (χ2v) is 6.29. The van der Waals surface area contributed by atoms with Crippen molar-refractivity contribution in [2.24, 2.45) is 5.92 Å². The Balaban J connectivity index is 2.34. The molecule has 3 N–H and O–H groups in total. The molecule has 0 aliphatic carbocycles.